The maximum absolute atomic E-state index is 10.8. The first-order valence-corrected chi connectivity index (χ1v) is 7.77. The summed E-state index contributed by atoms with van der Waals surface area (Å²) >= 11 is 1.67. The first-order chi connectivity index (χ1) is 9.65. The number of carbonyl (C=O) groups is 1. The number of rotatable bonds is 5. The summed E-state index contributed by atoms with van der Waals surface area (Å²) in [6.45, 7) is 3.62. The molecule has 0 bridgehead atoms. The smallest absolute Gasteiger partial charge is 0.303 e. The van der Waals surface area contributed by atoms with Crippen molar-refractivity contribution in [3.8, 4) is 6.07 Å². The molecule has 1 N–H and O–H groups in total. The van der Waals surface area contributed by atoms with Crippen LogP contribution in [0.1, 0.15) is 25.3 Å². The Balaban J connectivity index is 2.19. The van der Waals surface area contributed by atoms with Crippen molar-refractivity contribution in [3.05, 3.63) is 23.8 Å². The lowest BCUT2D eigenvalue weighted by Gasteiger charge is -2.21. The van der Waals surface area contributed by atoms with Crippen LogP contribution in [0, 0.1) is 17.2 Å². The van der Waals surface area contributed by atoms with E-state index in [1.165, 1.54) is 0 Å². The van der Waals surface area contributed by atoms with E-state index in [1.807, 2.05) is 18.2 Å². The number of carboxylic acids is 1. The maximum Gasteiger partial charge on any atom is 0.303 e. The van der Waals surface area contributed by atoms with Crippen LogP contribution in [0.15, 0.2) is 23.1 Å². The fraction of sp³-hybridized carbons (Fsp3) is 0.467. The van der Waals surface area contributed by atoms with E-state index in [0.717, 1.165) is 41.4 Å². The molecule has 0 aromatic heterocycles. The molecule has 0 spiro atoms. The zero-order valence-corrected chi connectivity index (χ0v) is 12.3. The molecule has 0 amide bonds. The quantitative estimate of drug-likeness (QED) is 0.845. The van der Waals surface area contributed by atoms with Crippen molar-refractivity contribution in [1.29, 1.82) is 5.26 Å². The average Bonchev–Trinajstić information content (AvgIpc) is 2.86. The molecular formula is C15H18N2O2S. The van der Waals surface area contributed by atoms with Crippen LogP contribution in [0.2, 0.25) is 0 Å². The minimum atomic E-state index is -0.743. The SMILES string of the molecule is CCSc1cccc(N2CCC(CC(=O)O)C2)c1C#N. The van der Waals surface area contributed by atoms with Crippen LogP contribution in [0.5, 0.6) is 0 Å². The Labute approximate surface area is 123 Å². The normalized spacial score (nSPS) is 18.0. The van der Waals surface area contributed by atoms with Gasteiger partial charge in [0.15, 0.2) is 0 Å². The Kier molecular flexibility index (Phi) is 4.91. The van der Waals surface area contributed by atoms with Crippen LogP contribution in [0.4, 0.5) is 5.69 Å². The van der Waals surface area contributed by atoms with Gasteiger partial charge in [-0.2, -0.15) is 5.26 Å². The second-order valence-corrected chi connectivity index (χ2v) is 6.20. The molecular weight excluding hydrogens is 272 g/mol. The zero-order valence-electron chi connectivity index (χ0n) is 11.5. The van der Waals surface area contributed by atoms with Gasteiger partial charge in [0.2, 0.25) is 0 Å². The van der Waals surface area contributed by atoms with Gasteiger partial charge in [0.05, 0.1) is 11.3 Å². The number of aliphatic carboxylic acids is 1. The molecule has 0 radical (unpaired) electrons. The van der Waals surface area contributed by atoms with Gasteiger partial charge in [0.1, 0.15) is 6.07 Å². The van der Waals surface area contributed by atoms with E-state index in [2.05, 4.69) is 17.9 Å². The Morgan fingerprint density at radius 3 is 3.05 bits per heavy atom. The highest BCUT2D eigenvalue weighted by molar-refractivity contribution is 7.99. The average molecular weight is 290 g/mol. The Bertz CT molecular complexity index is 539. The molecule has 0 saturated carbocycles. The number of nitriles is 1. The summed E-state index contributed by atoms with van der Waals surface area (Å²) in [6.07, 6.45) is 1.09. The predicted molar refractivity (Wildman–Crippen MR) is 80.1 cm³/mol. The molecule has 1 saturated heterocycles. The van der Waals surface area contributed by atoms with Crippen LogP contribution in [0.3, 0.4) is 0 Å². The summed E-state index contributed by atoms with van der Waals surface area (Å²) < 4.78 is 0. The molecule has 20 heavy (non-hydrogen) atoms. The molecule has 1 fully saturated rings. The molecule has 4 nitrogen and oxygen atoms in total. The van der Waals surface area contributed by atoms with Gasteiger partial charge in [0, 0.05) is 24.4 Å². The third-order valence-electron chi connectivity index (χ3n) is 3.51. The zero-order chi connectivity index (χ0) is 14.5. The summed E-state index contributed by atoms with van der Waals surface area (Å²) in [6, 6.07) is 8.21. The fourth-order valence-corrected chi connectivity index (χ4v) is 3.42. The number of benzene rings is 1. The molecule has 1 aliphatic rings. The van der Waals surface area contributed by atoms with Gasteiger partial charge in [-0.25, -0.2) is 0 Å². The highest BCUT2D eigenvalue weighted by atomic mass is 32.2. The first kappa shape index (κ1) is 14.7. The van der Waals surface area contributed by atoms with Crippen LogP contribution in [0.25, 0.3) is 0 Å². The van der Waals surface area contributed by atoms with Crippen molar-refractivity contribution in [2.24, 2.45) is 5.92 Å². The summed E-state index contributed by atoms with van der Waals surface area (Å²) in [5, 5.41) is 18.3. The van der Waals surface area contributed by atoms with Gasteiger partial charge in [-0.15, -0.1) is 11.8 Å². The second kappa shape index (κ2) is 6.67. The third-order valence-corrected chi connectivity index (χ3v) is 4.45. The maximum atomic E-state index is 10.8. The van der Waals surface area contributed by atoms with E-state index >= 15 is 0 Å². The predicted octanol–water partition coefficient (Wildman–Crippen LogP) is 2.97. The van der Waals surface area contributed by atoms with E-state index in [4.69, 9.17) is 5.11 Å². The number of anilines is 1. The molecule has 1 unspecified atom stereocenters. The van der Waals surface area contributed by atoms with Gasteiger partial charge in [-0.1, -0.05) is 13.0 Å². The number of hydrogen-bond acceptors (Lipinski definition) is 4. The molecule has 1 aliphatic heterocycles. The van der Waals surface area contributed by atoms with Crippen LogP contribution >= 0.6 is 11.8 Å². The molecule has 2 rings (SSSR count). The molecule has 5 heteroatoms. The van der Waals surface area contributed by atoms with E-state index in [9.17, 15) is 10.1 Å². The van der Waals surface area contributed by atoms with Gasteiger partial charge in [-0.05, 0) is 30.2 Å². The fourth-order valence-electron chi connectivity index (χ4n) is 2.64. The van der Waals surface area contributed by atoms with Crippen molar-refractivity contribution >= 4 is 23.4 Å². The number of thioether (sulfide) groups is 1. The van der Waals surface area contributed by atoms with E-state index in [1.54, 1.807) is 11.8 Å². The highest BCUT2D eigenvalue weighted by Crippen LogP contribution is 2.33. The Hall–Kier alpha value is -1.67. The molecule has 0 aliphatic carbocycles. The summed E-state index contributed by atoms with van der Waals surface area (Å²) in [5.74, 6) is 0.369. The van der Waals surface area contributed by atoms with Crippen LogP contribution in [-0.2, 0) is 4.79 Å². The molecule has 1 aromatic rings. The minimum Gasteiger partial charge on any atom is -0.481 e. The van der Waals surface area contributed by atoms with Crippen molar-refractivity contribution < 1.29 is 9.90 Å². The largest absolute Gasteiger partial charge is 0.481 e. The lowest BCUT2D eigenvalue weighted by Crippen LogP contribution is -2.21. The monoisotopic (exact) mass is 290 g/mol. The first-order valence-electron chi connectivity index (χ1n) is 6.78. The number of nitrogens with zero attached hydrogens (tertiary/aromatic N) is 2. The van der Waals surface area contributed by atoms with Gasteiger partial charge in [-0.3, -0.25) is 4.79 Å². The summed E-state index contributed by atoms with van der Waals surface area (Å²) in [4.78, 5) is 13.9. The highest BCUT2D eigenvalue weighted by Gasteiger charge is 2.26. The molecule has 1 aromatic carbocycles. The van der Waals surface area contributed by atoms with Gasteiger partial charge in [0.25, 0.3) is 0 Å². The van der Waals surface area contributed by atoms with Crippen molar-refractivity contribution in [3.63, 3.8) is 0 Å². The standard InChI is InChI=1S/C15H18N2O2S/c1-2-20-14-5-3-4-13(12(14)9-16)17-7-6-11(10-17)8-15(18)19/h3-5,11H,2,6-8,10H2,1H3,(H,18,19). The summed E-state index contributed by atoms with van der Waals surface area (Å²) in [7, 11) is 0. The van der Waals surface area contributed by atoms with Crippen molar-refractivity contribution in [2.45, 2.75) is 24.7 Å². The topological polar surface area (TPSA) is 64.3 Å². The van der Waals surface area contributed by atoms with E-state index in [0.29, 0.717) is 0 Å². The summed E-state index contributed by atoms with van der Waals surface area (Å²) in [5.41, 5.74) is 1.66. The van der Waals surface area contributed by atoms with Crippen molar-refractivity contribution in [1.82, 2.24) is 0 Å². The second-order valence-electron chi connectivity index (χ2n) is 4.89. The minimum absolute atomic E-state index is 0.182. The van der Waals surface area contributed by atoms with E-state index < -0.39 is 5.97 Å². The molecule has 106 valence electrons. The number of hydrogen-bond donors (Lipinski definition) is 1. The van der Waals surface area contributed by atoms with Crippen LogP contribution in [-0.4, -0.2) is 29.9 Å². The number of carboxylic acid groups (broad SMARTS) is 1. The Morgan fingerprint density at radius 2 is 2.40 bits per heavy atom. The van der Waals surface area contributed by atoms with Gasteiger partial charge < -0.3 is 10.0 Å². The third kappa shape index (κ3) is 3.26. The molecule has 1 atom stereocenters. The Morgan fingerprint density at radius 1 is 1.60 bits per heavy atom. The lowest BCUT2D eigenvalue weighted by molar-refractivity contribution is -0.137. The molecule has 1 heterocycles. The lowest BCUT2D eigenvalue weighted by atomic mass is 10.1. The van der Waals surface area contributed by atoms with Gasteiger partial charge >= 0.3 is 5.97 Å². The van der Waals surface area contributed by atoms with Crippen LogP contribution < -0.4 is 4.90 Å². The van der Waals surface area contributed by atoms with Crippen molar-refractivity contribution in [2.75, 3.05) is 23.7 Å². The van der Waals surface area contributed by atoms with E-state index in [-0.39, 0.29) is 12.3 Å².